The molecule has 1 aromatic carbocycles. The predicted octanol–water partition coefficient (Wildman–Crippen LogP) is 2.80. The zero-order chi connectivity index (χ0) is 22.1. The number of aliphatic hydroxyl groups excluding tert-OH is 1. The maximum absolute atomic E-state index is 14.0. The van der Waals surface area contributed by atoms with Crippen molar-refractivity contribution in [1.82, 2.24) is 19.9 Å². The van der Waals surface area contributed by atoms with E-state index in [0.29, 0.717) is 21.4 Å². The van der Waals surface area contributed by atoms with Gasteiger partial charge in [-0.15, -0.1) is 0 Å². The molecule has 31 heavy (non-hydrogen) atoms. The SMILES string of the molecule is COc1nc2nc(SCc3cccc(F)c3F)nc(N[C@@H]3CN(C(=O)O)C[C@H]3O)c2s1. The fourth-order valence-corrected chi connectivity index (χ4v) is 4.69. The summed E-state index contributed by atoms with van der Waals surface area (Å²) in [7, 11) is 1.46. The highest BCUT2D eigenvalue weighted by Gasteiger charge is 2.34. The molecule has 1 fully saturated rings. The van der Waals surface area contributed by atoms with Crippen LogP contribution in [0.4, 0.5) is 19.4 Å². The minimum Gasteiger partial charge on any atom is -0.473 e. The Morgan fingerprint density at radius 2 is 2.16 bits per heavy atom. The highest BCUT2D eigenvalue weighted by atomic mass is 32.2. The summed E-state index contributed by atoms with van der Waals surface area (Å²) in [5.41, 5.74) is 0.506. The van der Waals surface area contributed by atoms with Gasteiger partial charge in [0.15, 0.2) is 28.3 Å². The Bertz CT molecular complexity index is 1130. The van der Waals surface area contributed by atoms with Gasteiger partial charge in [-0.3, -0.25) is 0 Å². The van der Waals surface area contributed by atoms with Crippen molar-refractivity contribution >= 4 is 45.4 Å². The monoisotopic (exact) mass is 469 g/mol. The molecule has 3 heterocycles. The molecular formula is C18H17F2N5O4S2. The van der Waals surface area contributed by atoms with Crippen LogP contribution in [0.3, 0.4) is 0 Å². The number of aromatic nitrogens is 3. The van der Waals surface area contributed by atoms with Crippen molar-refractivity contribution in [2.45, 2.75) is 23.1 Å². The summed E-state index contributed by atoms with van der Waals surface area (Å²) in [6.07, 6.45) is -2.04. The number of anilines is 1. The molecule has 2 aromatic heterocycles. The first-order chi connectivity index (χ1) is 14.9. The number of hydrogen-bond donors (Lipinski definition) is 3. The summed E-state index contributed by atoms with van der Waals surface area (Å²) >= 11 is 2.29. The number of nitrogens with one attached hydrogen (secondary N) is 1. The van der Waals surface area contributed by atoms with Gasteiger partial charge in [0.25, 0.3) is 5.19 Å². The Labute approximate surface area is 183 Å². The number of aliphatic hydroxyl groups is 1. The molecule has 0 saturated carbocycles. The number of ether oxygens (including phenoxy) is 1. The van der Waals surface area contributed by atoms with E-state index in [4.69, 9.17) is 9.84 Å². The van der Waals surface area contributed by atoms with Gasteiger partial charge in [0.1, 0.15) is 4.70 Å². The van der Waals surface area contributed by atoms with E-state index in [2.05, 4.69) is 20.3 Å². The summed E-state index contributed by atoms with van der Waals surface area (Å²) in [6, 6.07) is 3.36. The van der Waals surface area contributed by atoms with Gasteiger partial charge in [0.2, 0.25) is 0 Å². The summed E-state index contributed by atoms with van der Waals surface area (Å²) < 4.78 is 33.1. The number of carboxylic acid groups (broad SMARTS) is 1. The first-order valence-corrected chi connectivity index (χ1v) is 10.9. The van der Waals surface area contributed by atoms with Crippen molar-refractivity contribution in [2.24, 2.45) is 0 Å². The molecule has 0 unspecified atom stereocenters. The van der Waals surface area contributed by atoms with E-state index in [1.165, 1.54) is 30.6 Å². The average molecular weight is 469 g/mol. The third-order valence-electron chi connectivity index (χ3n) is 4.66. The first kappa shape index (κ1) is 21.5. The minimum atomic E-state index is -1.12. The van der Waals surface area contributed by atoms with Crippen LogP contribution in [0.25, 0.3) is 10.3 Å². The first-order valence-electron chi connectivity index (χ1n) is 9.06. The molecule has 0 bridgehead atoms. The van der Waals surface area contributed by atoms with Crippen molar-refractivity contribution in [3.05, 3.63) is 35.4 Å². The lowest BCUT2D eigenvalue weighted by atomic mass is 10.2. The zero-order valence-corrected chi connectivity index (χ0v) is 17.7. The number of likely N-dealkylation sites (tertiary alicyclic amines) is 1. The average Bonchev–Trinajstić information content (AvgIpc) is 3.33. The largest absolute Gasteiger partial charge is 0.473 e. The molecule has 0 radical (unpaired) electrons. The Morgan fingerprint density at radius 1 is 1.35 bits per heavy atom. The normalized spacial score (nSPS) is 18.5. The second-order valence-corrected chi connectivity index (χ2v) is 8.60. The number of carbonyl (C=O) groups is 1. The molecule has 1 amide bonds. The van der Waals surface area contributed by atoms with Crippen LogP contribution in [-0.4, -0.2) is 68.5 Å². The smallest absolute Gasteiger partial charge is 0.407 e. The van der Waals surface area contributed by atoms with Crippen LogP contribution >= 0.6 is 23.1 Å². The van der Waals surface area contributed by atoms with E-state index in [0.717, 1.165) is 22.7 Å². The van der Waals surface area contributed by atoms with E-state index < -0.39 is 29.9 Å². The van der Waals surface area contributed by atoms with Crippen LogP contribution in [-0.2, 0) is 5.75 Å². The molecular weight excluding hydrogens is 452 g/mol. The fourth-order valence-electron chi connectivity index (χ4n) is 3.10. The molecule has 2 atom stereocenters. The number of benzene rings is 1. The molecule has 13 heteroatoms. The van der Waals surface area contributed by atoms with E-state index >= 15 is 0 Å². The Morgan fingerprint density at radius 3 is 2.87 bits per heavy atom. The van der Waals surface area contributed by atoms with Gasteiger partial charge in [0, 0.05) is 17.9 Å². The second kappa shape index (κ2) is 8.77. The molecule has 9 nitrogen and oxygen atoms in total. The van der Waals surface area contributed by atoms with Crippen LogP contribution in [0, 0.1) is 11.6 Å². The number of thioether (sulfide) groups is 1. The Balaban J connectivity index is 1.61. The number of nitrogens with zero attached hydrogens (tertiary/aromatic N) is 4. The molecule has 1 aliphatic heterocycles. The number of rotatable bonds is 6. The minimum absolute atomic E-state index is 0.0201. The van der Waals surface area contributed by atoms with Gasteiger partial charge in [-0.25, -0.2) is 23.5 Å². The highest BCUT2D eigenvalue weighted by Crippen LogP contribution is 2.34. The topological polar surface area (TPSA) is 121 Å². The predicted molar refractivity (Wildman–Crippen MR) is 111 cm³/mol. The summed E-state index contributed by atoms with van der Waals surface area (Å²) in [6.45, 7) is 0.0581. The lowest BCUT2D eigenvalue weighted by Crippen LogP contribution is -2.33. The van der Waals surface area contributed by atoms with Crippen LogP contribution in [0.5, 0.6) is 5.19 Å². The van der Waals surface area contributed by atoms with Gasteiger partial charge < -0.3 is 25.2 Å². The van der Waals surface area contributed by atoms with E-state index in [9.17, 15) is 18.7 Å². The van der Waals surface area contributed by atoms with Gasteiger partial charge in [-0.1, -0.05) is 35.2 Å². The molecule has 1 aliphatic rings. The van der Waals surface area contributed by atoms with Crippen molar-refractivity contribution in [3.8, 4) is 5.19 Å². The summed E-state index contributed by atoms with van der Waals surface area (Å²) in [4.78, 5) is 25.4. The van der Waals surface area contributed by atoms with Crippen LogP contribution < -0.4 is 10.1 Å². The number of hydrogen-bond acceptors (Lipinski definition) is 9. The standard InChI is InChI=1S/C18H17F2N5O4S2/c1-29-17-24-15-13(31-17)14(21-10-5-25(18(27)28)6-11(10)26)22-16(23-15)30-7-8-3-2-4-9(19)12(8)20/h2-4,10-11,26H,5-7H2,1H3,(H,27,28)(H,21,22,23)/t10-,11-/m1/s1. The number of β-amino-alcohol motifs (C(OH)–C–C–N with tert-alkyl or cyclic N) is 1. The van der Waals surface area contributed by atoms with Crippen molar-refractivity contribution in [2.75, 3.05) is 25.5 Å². The molecule has 1 saturated heterocycles. The Hall–Kier alpha value is -2.77. The maximum atomic E-state index is 14.0. The molecule has 3 N–H and O–H groups in total. The molecule has 164 valence electrons. The molecule has 3 aromatic rings. The van der Waals surface area contributed by atoms with Crippen LogP contribution in [0.2, 0.25) is 0 Å². The summed E-state index contributed by atoms with van der Waals surface area (Å²) in [5, 5.41) is 23.1. The number of thiazole rings is 1. The third-order valence-corrected chi connectivity index (χ3v) is 6.57. The van der Waals surface area contributed by atoms with Crippen LogP contribution in [0.1, 0.15) is 5.56 Å². The van der Waals surface area contributed by atoms with E-state index in [-0.39, 0.29) is 29.6 Å². The van der Waals surface area contributed by atoms with Crippen LogP contribution in [0.15, 0.2) is 23.4 Å². The highest BCUT2D eigenvalue weighted by molar-refractivity contribution is 7.98. The van der Waals surface area contributed by atoms with E-state index in [1.54, 1.807) is 0 Å². The lowest BCUT2D eigenvalue weighted by Gasteiger charge is -2.16. The van der Waals surface area contributed by atoms with Gasteiger partial charge in [-0.2, -0.15) is 4.98 Å². The van der Waals surface area contributed by atoms with Crippen molar-refractivity contribution in [1.29, 1.82) is 0 Å². The quantitative estimate of drug-likeness (QED) is 0.370. The Kier molecular flexibility index (Phi) is 6.07. The summed E-state index contributed by atoms with van der Waals surface area (Å²) in [5.74, 6) is -1.41. The van der Waals surface area contributed by atoms with Gasteiger partial charge in [-0.05, 0) is 6.07 Å². The molecule has 4 rings (SSSR count). The number of fused-ring (bicyclic) bond motifs is 1. The van der Waals surface area contributed by atoms with Gasteiger partial charge >= 0.3 is 6.09 Å². The third kappa shape index (κ3) is 4.48. The number of halogens is 2. The zero-order valence-electron chi connectivity index (χ0n) is 16.1. The fraction of sp³-hybridized carbons (Fsp3) is 0.333. The van der Waals surface area contributed by atoms with E-state index in [1.807, 2.05) is 0 Å². The van der Waals surface area contributed by atoms with Crippen molar-refractivity contribution in [3.63, 3.8) is 0 Å². The molecule has 0 spiro atoms. The molecule has 0 aliphatic carbocycles. The van der Waals surface area contributed by atoms with Gasteiger partial charge in [0.05, 0.1) is 25.8 Å². The number of methoxy groups -OCH3 is 1. The second-order valence-electron chi connectivity index (χ2n) is 6.70. The number of amides is 1. The lowest BCUT2D eigenvalue weighted by molar-refractivity contribution is 0.139. The maximum Gasteiger partial charge on any atom is 0.407 e. The van der Waals surface area contributed by atoms with Crippen molar-refractivity contribution < 1.29 is 28.5 Å².